The summed E-state index contributed by atoms with van der Waals surface area (Å²) in [4.78, 5) is 23.5. The summed E-state index contributed by atoms with van der Waals surface area (Å²) in [6, 6.07) is 7.81. The van der Waals surface area contributed by atoms with Gasteiger partial charge in [-0.15, -0.1) is 0 Å². The van der Waals surface area contributed by atoms with Crippen molar-refractivity contribution in [2.24, 2.45) is 0 Å². The van der Waals surface area contributed by atoms with E-state index in [0.29, 0.717) is 12.0 Å². The molecule has 0 fully saturated rings. The number of amides is 1. The van der Waals surface area contributed by atoms with Gasteiger partial charge in [0.05, 0.1) is 5.54 Å². The molecule has 1 N–H and O–H groups in total. The molecule has 1 atom stereocenters. The van der Waals surface area contributed by atoms with E-state index in [1.165, 1.54) is 23.5 Å². The second-order valence-electron chi connectivity index (χ2n) is 6.76. The van der Waals surface area contributed by atoms with Crippen molar-refractivity contribution in [3.8, 4) is 0 Å². The highest BCUT2D eigenvalue weighted by molar-refractivity contribution is 7.08. The molecule has 2 rings (SSSR count). The number of hydrogen-bond donors (Lipinski definition) is 1. The maximum absolute atomic E-state index is 13.4. The molecule has 0 saturated carbocycles. The van der Waals surface area contributed by atoms with Gasteiger partial charge in [-0.25, -0.2) is 9.18 Å². The molecule has 0 aliphatic carbocycles. The van der Waals surface area contributed by atoms with Gasteiger partial charge in [0.25, 0.3) is 0 Å². The summed E-state index contributed by atoms with van der Waals surface area (Å²) in [5, 5.41) is 6.73. The predicted octanol–water partition coefficient (Wildman–Crippen LogP) is 4.63. The minimum absolute atomic E-state index is 0.239. The number of alkyl carbamates (subject to hydrolysis) is 1. The van der Waals surface area contributed by atoms with Gasteiger partial charge < -0.3 is 14.8 Å². The van der Waals surface area contributed by atoms with Crippen LogP contribution in [0.15, 0.2) is 41.1 Å². The number of carbonyl (C=O) groups is 2. The highest BCUT2D eigenvalue weighted by atomic mass is 32.1. The van der Waals surface area contributed by atoms with Gasteiger partial charge in [0.15, 0.2) is 0 Å². The maximum Gasteiger partial charge on any atom is 0.408 e. The Labute approximate surface area is 151 Å². The van der Waals surface area contributed by atoms with Gasteiger partial charge in [-0.3, -0.25) is 0 Å². The zero-order valence-electron chi connectivity index (χ0n) is 14.5. The summed E-state index contributed by atoms with van der Waals surface area (Å²) in [5.74, 6) is -0.365. The van der Waals surface area contributed by atoms with E-state index in [1.807, 2.05) is 16.8 Å². The van der Waals surface area contributed by atoms with Gasteiger partial charge in [0.1, 0.15) is 17.7 Å². The first-order chi connectivity index (χ1) is 11.8. The number of ether oxygens (including phenoxy) is 1. The van der Waals surface area contributed by atoms with Crippen molar-refractivity contribution in [1.82, 2.24) is 5.32 Å². The molecule has 0 bridgehead atoms. The van der Waals surface area contributed by atoms with Crippen molar-refractivity contribution in [2.45, 2.75) is 44.8 Å². The van der Waals surface area contributed by atoms with Crippen molar-refractivity contribution in [2.75, 3.05) is 0 Å². The van der Waals surface area contributed by atoms with Gasteiger partial charge in [-0.05, 0) is 67.3 Å². The van der Waals surface area contributed by atoms with Crippen LogP contribution in [0.1, 0.15) is 44.7 Å². The van der Waals surface area contributed by atoms with Gasteiger partial charge in [-0.1, -0.05) is 12.1 Å². The van der Waals surface area contributed by atoms with E-state index >= 15 is 0 Å². The second-order valence-corrected chi connectivity index (χ2v) is 7.54. The second kappa shape index (κ2) is 7.78. The molecule has 6 heteroatoms. The number of halogens is 1. The zero-order valence-corrected chi connectivity index (χ0v) is 15.4. The van der Waals surface area contributed by atoms with Crippen LogP contribution in [0.3, 0.4) is 0 Å². The largest absolute Gasteiger partial charge is 0.444 e. The number of aldehydes is 1. The number of rotatable bonds is 6. The minimum atomic E-state index is -0.961. The summed E-state index contributed by atoms with van der Waals surface area (Å²) in [6.07, 6.45) is 0.802. The van der Waals surface area contributed by atoms with Gasteiger partial charge in [-0.2, -0.15) is 11.3 Å². The van der Waals surface area contributed by atoms with E-state index in [2.05, 4.69) is 5.32 Å². The Morgan fingerprint density at radius 1 is 1.20 bits per heavy atom. The first kappa shape index (κ1) is 19.1. The van der Waals surface area contributed by atoms with E-state index in [4.69, 9.17) is 4.74 Å². The summed E-state index contributed by atoms with van der Waals surface area (Å²) in [5.41, 5.74) is -0.0914. The quantitative estimate of drug-likeness (QED) is 0.761. The van der Waals surface area contributed by atoms with Gasteiger partial charge in [0, 0.05) is 6.42 Å². The molecule has 1 aromatic carbocycles. The lowest BCUT2D eigenvalue weighted by Crippen LogP contribution is -2.48. The molecule has 1 aromatic heterocycles. The SMILES string of the molecule is CC(C)(C)OC(=O)NC(CCC=O)(c1ccc(F)cc1)c1ccsc1. The molecule has 0 spiro atoms. The van der Waals surface area contributed by atoms with Gasteiger partial charge >= 0.3 is 6.09 Å². The Balaban J connectivity index is 2.49. The van der Waals surface area contributed by atoms with Crippen LogP contribution in [0.4, 0.5) is 9.18 Å². The summed E-state index contributed by atoms with van der Waals surface area (Å²) >= 11 is 1.48. The molecule has 1 unspecified atom stereocenters. The first-order valence-corrected chi connectivity index (χ1v) is 8.95. The lowest BCUT2D eigenvalue weighted by molar-refractivity contribution is -0.108. The molecule has 1 amide bonds. The monoisotopic (exact) mass is 363 g/mol. The fourth-order valence-electron chi connectivity index (χ4n) is 2.66. The van der Waals surface area contributed by atoms with Crippen molar-refractivity contribution < 1.29 is 18.7 Å². The van der Waals surface area contributed by atoms with Crippen LogP contribution in [-0.2, 0) is 15.1 Å². The van der Waals surface area contributed by atoms with E-state index in [0.717, 1.165) is 11.8 Å². The summed E-state index contributed by atoms with van der Waals surface area (Å²) < 4.78 is 18.8. The Morgan fingerprint density at radius 3 is 2.40 bits per heavy atom. The zero-order chi connectivity index (χ0) is 18.5. The van der Waals surface area contributed by atoms with Gasteiger partial charge in [0.2, 0.25) is 0 Å². The highest BCUT2D eigenvalue weighted by Crippen LogP contribution is 2.36. The molecule has 4 nitrogen and oxygen atoms in total. The maximum atomic E-state index is 13.4. The lowest BCUT2D eigenvalue weighted by atomic mass is 9.80. The minimum Gasteiger partial charge on any atom is -0.444 e. The number of thiophene rings is 1. The van der Waals surface area contributed by atoms with Crippen LogP contribution >= 0.6 is 11.3 Å². The molecule has 2 aromatic rings. The molecular weight excluding hydrogens is 341 g/mol. The Kier molecular flexibility index (Phi) is 5.95. The normalized spacial score (nSPS) is 13.8. The fraction of sp³-hybridized carbons (Fsp3) is 0.368. The Hall–Kier alpha value is -2.21. The average Bonchev–Trinajstić information content (AvgIpc) is 3.05. The smallest absolute Gasteiger partial charge is 0.408 e. The van der Waals surface area contributed by atoms with E-state index in [9.17, 15) is 14.0 Å². The predicted molar refractivity (Wildman–Crippen MR) is 96.2 cm³/mol. The van der Waals surface area contributed by atoms with Crippen molar-refractivity contribution >= 4 is 23.7 Å². The summed E-state index contributed by atoms with van der Waals surface area (Å²) in [7, 11) is 0. The van der Waals surface area contributed by atoms with E-state index < -0.39 is 17.2 Å². The Morgan fingerprint density at radius 2 is 1.88 bits per heavy atom. The van der Waals surface area contributed by atoms with Crippen molar-refractivity contribution in [3.05, 3.63) is 58.0 Å². The molecule has 134 valence electrons. The van der Waals surface area contributed by atoms with Crippen LogP contribution < -0.4 is 5.32 Å². The van der Waals surface area contributed by atoms with Crippen LogP contribution in [0.25, 0.3) is 0 Å². The van der Waals surface area contributed by atoms with E-state index in [-0.39, 0.29) is 12.2 Å². The van der Waals surface area contributed by atoms with Crippen LogP contribution in [0.2, 0.25) is 0 Å². The Bertz CT molecular complexity index is 707. The molecular formula is C19H22FNO3S. The third-order valence-electron chi connectivity index (χ3n) is 3.70. The topological polar surface area (TPSA) is 55.4 Å². The molecule has 0 aliphatic heterocycles. The number of benzene rings is 1. The number of carbonyl (C=O) groups excluding carboxylic acids is 2. The molecule has 1 heterocycles. The lowest BCUT2D eigenvalue weighted by Gasteiger charge is -2.35. The van der Waals surface area contributed by atoms with E-state index in [1.54, 1.807) is 32.9 Å². The number of hydrogen-bond acceptors (Lipinski definition) is 4. The van der Waals surface area contributed by atoms with Crippen LogP contribution in [0.5, 0.6) is 0 Å². The molecule has 0 aliphatic rings. The molecule has 25 heavy (non-hydrogen) atoms. The third-order valence-corrected chi connectivity index (χ3v) is 4.39. The molecule has 0 saturated heterocycles. The van der Waals surface area contributed by atoms with Crippen molar-refractivity contribution in [3.63, 3.8) is 0 Å². The standard InChI is InChI=1S/C19H22FNO3S/c1-18(2,3)24-17(23)21-19(10-4-11-22,15-9-12-25-13-15)14-5-7-16(20)8-6-14/h5-9,11-13H,4,10H2,1-3H3,(H,21,23). The summed E-state index contributed by atoms with van der Waals surface area (Å²) in [6.45, 7) is 5.34. The van der Waals surface area contributed by atoms with Crippen LogP contribution in [0, 0.1) is 5.82 Å². The third kappa shape index (κ3) is 4.89. The fourth-order valence-corrected chi connectivity index (χ4v) is 3.39. The van der Waals surface area contributed by atoms with Crippen molar-refractivity contribution in [1.29, 1.82) is 0 Å². The number of nitrogens with one attached hydrogen (secondary N) is 1. The van der Waals surface area contributed by atoms with Crippen LogP contribution in [-0.4, -0.2) is 18.0 Å². The average molecular weight is 363 g/mol. The molecule has 0 radical (unpaired) electrons. The highest BCUT2D eigenvalue weighted by Gasteiger charge is 2.37. The first-order valence-electron chi connectivity index (χ1n) is 8.00.